The number of hydrogen-bond donors (Lipinski definition) is 1. The summed E-state index contributed by atoms with van der Waals surface area (Å²) in [7, 11) is 0. The number of benzene rings is 3. The first-order valence-corrected chi connectivity index (χ1v) is 11.2. The fourth-order valence-electron chi connectivity index (χ4n) is 3.97. The van der Waals surface area contributed by atoms with Crippen molar-refractivity contribution in [2.45, 2.75) is 32.7 Å². The minimum absolute atomic E-state index is 0.136. The molecule has 4 rings (SSSR count). The van der Waals surface area contributed by atoms with Crippen LogP contribution in [0.15, 0.2) is 60.7 Å². The molecule has 0 spiro atoms. The molecule has 0 aliphatic carbocycles. The Morgan fingerprint density at radius 3 is 1.97 bits per heavy atom. The van der Waals surface area contributed by atoms with Crippen molar-refractivity contribution >= 4 is 5.97 Å². The average Bonchev–Trinajstić information content (AvgIpc) is 2.85. The Bertz CT molecular complexity index is 1180. The highest BCUT2D eigenvalue weighted by atomic mass is 19.2. The van der Waals surface area contributed by atoms with Crippen LogP contribution in [0.25, 0.3) is 11.1 Å². The lowest BCUT2D eigenvalue weighted by atomic mass is 9.86. The van der Waals surface area contributed by atoms with Gasteiger partial charge >= 0.3 is 11.9 Å². The van der Waals surface area contributed by atoms with Gasteiger partial charge in [0.15, 0.2) is 17.5 Å². The Morgan fingerprint density at radius 2 is 1.46 bits per heavy atom. The van der Waals surface area contributed by atoms with E-state index >= 15 is 0 Å². The fraction of sp³-hybridized carbons (Fsp3) is 0.296. The van der Waals surface area contributed by atoms with Crippen LogP contribution in [0.4, 0.5) is 13.2 Å². The van der Waals surface area contributed by atoms with E-state index in [1.54, 1.807) is 36.4 Å². The summed E-state index contributed by atoms with van der Waals surface area (Å²) in [6.07, 6.45) is 1.93. The molecular weight excluding hydrogens is 461 g/mol. The highest BCUT2D eigenvalue weighted by molar-refractivity contribution is 5.91. The van der Waals surface area contributed by atoms with Gasteiger partial charge in [0.05, 0.1) is 18.8 Å². The molecule has 184 valence electrons. The van der Waals surface area contributed by atoms with E-state index < -0.39 is 35.1 Å². The predicted octanol–water partition coefficient (Wildman–Crippen LogP) is 5.95. The molecular formula is C27H25F3O5. The first-order chi connectivity index (χ1) is 16.6. The van der Waals surface area contributed by atoms with Gasteiger partial charge < -0.3 is 19.3 Å². The number of aliphatic hydroxyl groups is 1. The van der Waals surface area contributed by atoms with Crippen LogP contribution >= 0.6 is 0 Å². The van der Waals surface area contributed by atoms with E-state index in [1.165, 1.54) is 12.1 Å². The number of carbonyl (C=O) groups is 1. The molecule has 0 amide bonds. The van der Waals surface area contributed by atoms with Gasteiger partial charge in [0.25, 0.3) is 0 Å². The highest BCUT2D eigenvalue weighted by Crippen LogP contribution is 2.37. The van der Waals surface area contributed by atoms with Crippen LogP contribution in [-0.4, -0.2) is 24.3 Å². The second-order valence-electron chi connectivity index (χ2n) is 8.96. The Hall–Kier alpha value is -3.20. The zero-order valence-electron chi connectivity index (χ0n) is 19.3. The molecule has 1 fully saturated rings. The first kappa shape index (κ1) is 24.9. The summed E-state index contributed by atoms with van der Waals surface area (Å²) in [6.45, 7) is 4.92. The van der Waals surface area contributed by atoms with Crippen LogP contribution in [0.3, 0.4) is 0 Å². The Morgan fingerprint density at radius 1 is 0.943 bits per heavy atom. The molecule has 3 aromatic carbocycles. The topological polar surface area (TPSA) is 65.0 Å². The SMILES string of the molecule is CCCC1(C)COC(O)(c2ccc(-c3ccc(C(=O)Oc4cc(F)c(F)c(F)c4)cc3)cc2)OC1. The van der Waals surface area contributed by atoms with Crippen LogP contribution < -0.4 is 4.74 Å². The largest absolute Gasteiger partial charge is 0.423 e. The quantitative estimate of drug-likeness (QED) is 0.265. The normalized spacial score (nSPS) is 22.1. The number of hydrogen-bond acceptors (Lipinski definition) is 5. The molecule has 1 N–H and O–H groups in total. The van der Waals surface area contributed by atoms with Crippen LogP contribution in [0, 0.1) is 22.9 Å². The molecule has 0 atom stereocenters. The molecule has 1 aliphatic heterocycles. The molecule has 1 saturated heterocycles. The van der Waals surface area contributed by atoms with Crippen LogP contribution in [-0.2, 0) is 15.4 Å². The lowest BCUT2D eigenvalue weighted by Gasteiger charge is -2.41. The smallest absolute Gasteiger partial charge is 0.343 e. The van der Waals surface area contributed by atoms with E-state index in [4.69, 9.17) is 14.2 Å². The van der Waals surface area contributed by atoms with E-state index in [-0.39, 0.29) is 11.0 Å². The zero-order chi connectivity index (χ0) is 25.2. The van der Waals surface area contributed by atoms with Crippen LogP contribution in [0.2, 0.25) is 0 Å². The zero-order valence-corrected chi connectivity index (χ0v) is 19.3. The number of carbonyl (C=O) groups excluding carboxylic acids is 1. The van der Waals surface area contributed by atoms with Crippen molar-refractivity contribution in [2.75, 3.05) is 13.2 Å². The lowest BCUT2D eigenvalue weighted by molar-refractivity contribution is -0.414. The number of rotatable bonds is 6. The third-order valence-corrected chi connectivity index (χ3v) is 5.96. The lowest BCUT2D eigenvalue weighted by Crippen LogP contribution is -2.46. The first-order valence-electron chi connectivity index (χ1n) is 11.2. The highest BCUT2D eigenvalue weighted by Gasteiger charge is 2.42. The maximum Gasteiger partial charge on any atom is 0.343 e. The Kier molecular flexibility index (Phi) is 6.98. The van der Waals surface area contributed by atoms with Gasteiger partial charge in [-0.1, -0.05) is 56.7 Å². The van der Waals surface area contributed by atoms with E-state index in [1.807, 2.05) is 0 Å². The van der Waals surface area contributed by atoms with Crippen molar-refractivity contribution in [1.82, 2.24) is 0 Å². The summed E-state index contributed by atoms with van der Waals surface area (Å²) < 4.78 is 56.1. The maximum absolute atomic E-state index is 13.3. The van der Waals surface area contributed by atoms with Crippen LogP contribution in [0.5, 0.6) is 5.75 Å². The van der Waals surface area contributed by atoms with Crippen molar-refractivity contribution in [1.29, 1.82) is 0 Å². The molecule has 35 heavy (non-hydrogen) atoms. The third kappa shape index (κ3) is 5.40. The molecule has 8 heteroatoms. The molecule has 1 heterocycles. The van der Waals surface area contributed by atoms with Gasteiger partial charge in [-0.3, -0.25) is 0 Å². The summed E-state index contributed by atoms with van der Waals surface area (Å²) in [5, 5.41) is 10.8. The molecule has 3 aromatic rings. The number of halogens is 3. The molecule has 5 nitrogen and oxygen atoms in total. The molecule has 0 bridgehead atoms. The number of ether oxygens (including phenoxy) is 3. The minimum Gasteiger partial charge on any atom is -0.423 e. The molecule has 0 radical (unpaired) electrons. The van der Waals surface area contributed by atoms with Gasteiger partial charge in [0, 0.05) is 23.1 Å². The van der Waals surface area contributed by atoms with E-state index in [0.29, 0.717) is 30.9 Å². The third-order valence-electron chi connectivity index (χ3n) is 5.96. The summed E-state index contributed by atoms with van der Waals surface area (Å²) >= 11 is 0. The van der Waals surface area contributed by atoms with Crippen molar-refractivity contribution in [3.05, 3.63) is 89.2 Å². The van der Waals surface area contributed by atoms with Crippen molar-refractivity contribution < 1.29 is 37.3 Å². The molecule has 0 unspecified atom stereocenters. The van der Waals surface area contributed by atoms with Crippen molar-refractivity contribution in [3.8, 4) is 16.9 Å². The molecule has 1 aliphatic rings. The molecule has 0 aromatic heterocycles. The van der Waals surface area contributed by atoms with Crippen molar-refractivity contribution in [2.24, 2.45) is 5.41 Å². The average molecular weight is 486 g/mol. The summed E-state index contributed by atoms with van der Waals surface area (Å²) in [4.78, 5) is 12.3. The van der Waals surface area contributed by atoms with Gasteiger partial charge in [-0.25, -0.2) is 18.0 Å². The standard InChI is InChI=1S/C27H25F3O5/c1-3-12-26(2)15-33-27(32,34-16-26)20-10-8-18(9-11-20)17-4-6-19(7-5-17)25(31)35-21-13-22(28)24(30)23(29)14-21/h4-11,13-14,32H,3,12,15-16H2,1-2H3. The van der Waals surface area contributed by atoms with Gasteiger partial charge in [-0.2, -0.15) is 0 Å². The van der Waals surface area contributed by atoms with E-state index in [2.05, 4.69) is 13.8 Å². The van der Waals surface area contributed by atoms with Crippen molar-refractivity contribution in [3.63, 3.8) is 0 Å². The van der Waals surface area contributed by atoms with E-state index in [9.17, 15) is 23.1 Å². The predicted molar refractivity (Wildman–Crippen MR) is 122 cm³/mol. The van der Waals surface area contributed by atoms with Crippen LogP contribution in [0.1, 0.15) is 42.6 Å². The molecule has 0 saturated carbocycles. The summed E-state index contributed by atoms with van der Waals surface area (Å²) in [5.74, 6) is -7.62. The Labute approximate surface area is 201 Å². The monoisotopic (exact) mass is 486 g/mol. The second-order valence-corrected chi connectivity index (χ2v) is 8.96. The summed E-state index contributed by atoms with van der Waals surface area (Å²) in [6, 6.07) is 14.5. The minimum atomic E-state index is -1.81. The van der Waals surface area contributed by atoms with Gasteiger partial charge in [-0.15, -0.1) is 0 Å². The summed E-state index contributed by atoms with van der Waals surface area (Å²) in [5.41, 5.74) is 2.07. The number of esters is 1. The maximum atomic E-state index is 13.3. The second kappa shape index (κ2) is 9.81. The Balaban J connectivity index is 1.43. The fourth-order valence-corrected chi connectivity index (χ4v) is 3.97. The van der Waals surface area contributed by atoms with Gasteiger partial charge in [0.1, 0.15) is 5.75 Å². The van der Waals surface area contributed by atoms with Gasteiger partial charge in [-0.05, 0) is 29.7 Å². The van der Waals surface area contributed by atoms with E-state index in [0.717, 1.165) is 24.0 Å². The van der Waals surface area contributed by atoms with Gasteiger partial charge in [0.2, 0.25) is 0 Å².